The second kappa shape index (κ2) is 10.3. The Hall–Kier alpha value is -0.340. The second-order valence-electron chi connectivity index (χ2n) is 11.8. The summed E-state index contributed by atoms with van der Waals surface area (Å²) in [5.74, 6) is 3.90. The molecule has 3 fully saturated rings. The van der Waals surface area contributed by atoms with Crippen LogP contribution in [0.25, 0.3) is 0 Å². The molecule has 4 rings (SSSR count). The Morgan fingerprint density at radius 2 is 1.81 bits per heavy atom. The van der Waals surface area contributed by atoms with Gasteiger partial charge in [-0.05, 0) is 111 Å². The van der Waals surface area contributed by atoms with Crippen LogP contribution in [0.2, 0.25) is 0 Å². The van der Waals surface area contributed by atoms with Gasteiger partial charge in [0.15, 0.2) is 0 Å². The minimum absolute atomic E-state index is 0.0961. The fourth-order valence-corrected chi connectivity index (χ4v) is 8.63. The molecule has 0 radical (unpaired) electrons. The smallest absolute Gasteiger partial charge is 0.0577 e. The van der Waals surface area contributed by atoms with E-state index in [4.69, 9.17) is 0 Å². The molecule has 0 aromatic rings. The lowest BCUT2D eigenvalue weighted by atomic mass is 9.46. The van der Waals surface area contributed by atoms with Gasteiger partial charge < -0.3 is 10.2 Å². The Balaban J connectivity index is 0.00000132. The number of aliphatic hydroxyl groups is 2. The molecule has 0 spiro atoms. The molecule has 8 atom stereocenters. The summed E-state index contributed by atoms with van der Waals surface area (Å²) in [6, 6.07) is 0. The molecule has 180 valence electrons. The molecule has 0 heterocycles. The molecule has 0 aromatic carbocycles. The highest BCUT2D eigenvalue weighted by Crippen LogP contribution is 2.67. The highest BCUT2D eigenvalue weighted by atomic mass is 16.3. The van der Waals surface area contributed by atoms with Gasteiger partial charge in [-0.15, -0.1) is 0 Å². The first-order valence-corrected chi connectivity index (χ1v) is 13.9. The van der Waals surface area contributed by atoms with Gasteiger partial charge in [-0.1, -0.05) is 59.6 Å². The largest absolute Gasteiger partial charge is 0.393 e. The predicted octanol–water partition coefficient (Wildman–Crippen LogP) is 7.53. The molecule has 0 aliphatic heterocycles. The molecule has 2 heteroatoms. The van der Waals surface area contributed by atoms with E-state index < -0.39 is 0 Å². The predicted molar refractivity (Wildman–Crippen MR) is 132 cm³/mol. The van der Waals surface area contributed by atoms with Crippen molar-refractivity contribution in [3.63, 3.8) is 0 Å². The number of allylic oxidation sites excluding steroid dienone is 1. The summed E-state index contributed by atoms with van der Waals surface area (Å²) >= 11 is 0. The van der Waals surface area contributed by atoms with E-state index in [0.717, 1.165) is 42.9 Å². The summed E-state index contributed by atoms with van der Waals surface area (Å²) in [6.45, 7) is 13.3. The summed E-state index contributed by atoms with van der Waals surface area (Å²) in [4.78, 5) is 0. The van der Waals surface area contributed by atoms with Crippen LogP contribution < -0.4 is 0 Å². The van der Waals surface area contributed by atoms with Gasteiger partial charge in [-0.3, -0.25) is 0 Å². The average Bonchev–Trinajstić information content (AvgIpc) is 3.14. The van der Waals surface area contributed by atoms with Crippen molar-refractivity contribution in [2.24, 2.45) is 40.4 Å². The van der Waals surface area contributed by atoms with Crippen LogP contribution in [0.1, 0.15) is 119 Å². The first kappa shape index (κ1) is 25.3. The van der Waals surface area contributed by atoms with Crippen LogP contribution in [0, 0.1) is 40.4 Å². The van der Waals surface area contributed by atoms with E-state index in [2.05, 4.69) is 33.8 Å². The third-order valence-corrected chi connectivity index (χ3v) is 10.5. The van der Waals surface area contributed by atoms with Gasteiger partial charge >= 0.3 is 0 Å². The molecular formula is C29H52O2. The highest BCUT2D eigenvalue weighted by molar-refractivity contribution is 5.25. The first-order chi connectivity index (χ1) is 14.8. The Bertz CT molecular complexity index is 610. The molecule has 4 aliphatic rings. The lowest BCUT2D eigenvalue weighted by Gasteiger charge is -2.58. The monoisotopic (exact) mass is 432 g/mol. The Kier molecular flexibility index (Phi) is 8.39. The maximum Gasteiger partial charge on any atom is 0.0577 e. The number of aliphatic hydroxyl groups excluding tert-OH is 2. The normalized spacial score (nSPS) is 42.6. The molecule has 0 bridgehead atoms. The molecule has 2 nitrogen and oxygen atoms in total. The van der Waals surface area contributed by atoms with Crippen LogP contribution in [-0.4, -0.2) is 22.4 Å². The Morgan fingerprint density at radius 1 is 1.06 bits per heavy atom. The van der Waals surface area contributed by atoms with Crippen molar-refractivity contribution >= 4 is 0 Å². The van der Waals surface area contributed by atoms with Gasteiger partial charge in [0.25, 0.3) is 0 Å². The van der Waals surface area contributed by atoms with Crippen LogP contribution in [0.4, 0.5) is 0 Å². The van der Waals surface area contributed by atoms with E-state index in [0.29, 0.717) is 16.7 Å². The summed E-state index contributed by atoms with van der Waals surface area (Å²) in [6.07, 6.45) is 17.3. The minimum atomic E-state index is -0.121. The highest BCUT2D eigenvalue weighted by Gasteiger charge is 2.59. The van der Waals surface area contributed by atoms with Crippen LogP contribution in [0.3, 0.4) is 0 Å². The standard InChI is InChI=1S/C27H46O2.C2H6/c1-5-27-16-14-23-22(11-9-20-17-21(28)13-15-26(20,23)4)24(27)12-10-19(27)7-6-8-25(29)18(2)3;1-2/h9,18-19,21-25,28-29H,5-8,10-17H2,1-4H3;1-2H3/t19?,21-,22?,23?,24?,25+,26?,27+;/m0./s1. The second-order valence-corrected chi connectivity index (χ2v) is 11.8. The Labute approximate surface area is 193 Å². The van der Waals surface area contributed by atoms with Crippen molar-refractivity contribution in [3.05, 3.63) is 11.6 Å². The van der Waals surface area contributed by atoms with Crippen molar-refractivity contribution in [3.8, 4) is 0 Å². The Morgan fingerprint density at radius 3 is 2.48 bits per heavy atom. The third-order valence-electron chi connectivity index (χ3n) is 10.5. The molecule has 31 heavy (non-hydrogen) atoms. The number of hydrogen-bond acceptors (Lipinski definition) is 2. The molecule has 4 aliphatic carbocycles. The van der Waals surface area contributed by atoms with Gasteiger partial charge in [0.2, 0.25) is 0 Å². The fraction of sp³-hybridized carbons (Fsp3) is 0.931. The van der Waals surface area contributed by atoms with Crippen LogP contribution in [0.15, 0.2) is 11.6 Å². The van der Waals surface area contributed by atoms with E-state index in [1.54, 1.807) is 5.57 Å². The summed E-state index contributed by atoms with van der Waals surface area (Å²) in [5, 5.41) is 20.5. The van der Waals surface area contributed by atoms with Crippen molar-refractivity contribution in [2.75, 3.05) is 0 Å². The SMILES string of the molecule is CC.CC[C@]12CCC3C(CC=C4C[C@@H](O)CCC43C)C1CCC2CCC[C@@H](O)C(C)C. The van der Waals surface area contributed by atoms with E-state index in [-0.39, 0.29) is 12.2 Å². The summed E-state index contributed by atoms with van der Waals surface area (Å²) < 4.78 is 0. The van der Waals surface area contributed by atoms with E-state index in [1.807, 2.05) is 13.8 Å². The average molecular weight is 433 g/mol. The zero-order valence-electron chi connectivity index (χ0n) is 21.5. The molecular weight excluding hydrogens is 380 g/mol. The molecule has 5 unspecified atom stereocenters. The first-order valence-electron chi connectivity index (χ1n) is 13.9. The lowest BCUT2D eigenvalue weighted by Crippen LogP contribution is -2.51. The topological polar surface area (TPSA) is 40.5 Å². The summed E-state index contributed by atoms with van der Waals surface area (Å²) in [7, 11) is 0. The van der Waals surface area contributed by atoms with Crippen molar-refractivity contribution in [1.29, 1.82) is 0 Å². The van der Waals surface area contributed by atoms with E-state index in [1.165, 1.54) is 57.8 Å². The van der Waals surface area contributed by atoms with Gasteiger partial charge in [-0.2, -0.15) is 0 Å². The van der Waals surface area contributed by atoms with Crippen LogP contribution in [0.5, 0.6) is 0 Å². The van der Waals surface area contributed by atoms with Gasteiger partial charge in [0, 0.05) is 0 Å². The zero-order chi connectivity index (χ0) is 22.8. The number of fused-ring (bicyclic) bond motifs is 5. The quantitative estimate of drug-likeness (QED) is 0.426. The zero-order valence-corrected chi connectivity index (χ0v) is 21.5. The van der Waals surface area contributed by atoms with Gasteiger partial charge in [0.1, 0.15) is 0 Å². The maximum atomic E-state index is 10.2. The number of rotatable bonds is 6. The molecule has 3 saturated carbocycles. The van der Waals surface area contributed by atoms with Crippen LogP contribution in [-0.2, 0) is 0 Å². The van der Waals surface area contributed by atoms with Crippen LogP contribution >= 0.6 is 0 Å². The molecule has 0 amide bonds. The summed E-state index contributed by atoms with van der Waals surface area (Å²) in [5.41, 5.74) is 2.53. The lowest BCUT2D eigenvalue weighted by molar-refractivity contribution is -0.0616. The van der Waals surface area contributed by atoms with E-state index in [9.17, 15) is 10.2 Å². The van der Waals surface area contributed by atoms with E-state index >= 15 is 0 Å². The molecule has 0 aromatic heterocycles. The number of hydrogen-bond donors (Lipinski definition) is 2. The minimum Gasteiger partial charge on any atom is -0.393 e. The van der Waals surface area contributed by atoms with Gasteiger partial charge in [0.05, 0.1) is 12.2 Å². The maximum absolute atomic E-state index is 10.2. The van der Waals surface area contributed by atoms with Gasteiger partial charge in [-0.25, -0.2) is 0 Å². The van der Waals surface area contributed by atoms with Crippen molar-refractivity contribution in [2.45, 2.75) is 131 Å². The van der Waals surface area contributed by atoms with Crippen molar-refractivity contribution in [1.82, 2.24) is 0 Å². The van der Waals surface area contributed by atoms with Crippen molar-refractivity contribution < 1.29 is 10.2 Å². The molecule has 0 saturated heterocycles. The fourth-order valence-electron chi connectivity index (χ4n) is 8.63. The third kappa shape index (κ3) is 4.54. The molecule has 2 N–H and O–H groups in total.